The molecule has 0 unspecified atom stereocenters. The second kappa shape index (κ2) is 12.1. The lowest BCUT2D eigenvalue weighted by molar-refractivity contribution is -0.122. The second-order valence-corrected chi connectivity index (χ2v) is 11.3. The molecule has 0 atom stereocenters. The predicted octanol–water partition coefficient (Wildman–Crippen LogP) is 6.17. The molecule has 0 N–H and O–H groups in total. The van der Waals surface area contributed by atoms with Gasteiger partial charge in [-0.1, -0.05) is 54.9 Å². The molecule has 0 saturated carbocycles. The van der Waals surface area contributed by atoms with Crippen LogP contribution in [-0.2, 0) is 27.8 Å². The van der Waals surface area contributed by atoms with Gasteiger partial charge in [-0.2, -0.15) is 8.42 Å². The number of amidine groups is 1. The van der Waals surface area contributed by atoms with Gasteiger partial charge in [-0.15, -0.1) is 4.40 Å². The number of rotatable bonds is 9. The van der Waals surface area contributed by atoms with Gasteiger partial charge in [0.2, 0.25) is 0 Å². The quantitative estimate of drug-likeness (QED) is 0.286. The summed E-state index contributed by atoms with van der Waals surface area (Å²) < 4.78 is 41.3. The predicted molar refractivity (Wildman–Crippen MR) is 152 cm³/mol. The van der Waals surface area contributed by atoms with E-state index in [9.17, 15) is 13.2 Å². The lowest BCUT2D eigenvalue weighted by atomic mass is 10.1. The molecule has 0 aliphatic carbocycles. The van der Waals surface area contributed by atoms with Crippen LogP contribution in [0.2, 0.25) is 5.02 Å². The molecule has 0 aromatic heterocycles. The summed E-state index contributed by atoms with van der Waals surface area (Å²) in [5.74, 6) is 0.699. The minimum Gasteiger partial charge on any atom is -0.493 e. The van der Waals surface area contributed by atoms with Gasteiger partial charge in [-0.3, -0.25) is 9.69 Å². The van der Waals surface area contributed by atoms with Crippen molar-refractivity contribution in [1.82, 2.24) is 4.90 Å². The summed E-state index contributed by atoms with van der Waals surface area (Å²) >= 11 is 7.24. The normalized spacial score (nSPS) is 15.9. The number of halogens is 1. The zero-order valence-electron chi connectivity index (χ0n) is 21.2. The average Bonchev–Trinajstić information content (AvgIpc) is 3.21. The van der Waals surface area contributed by atoms with E-state index in [0.29, 0.717) is 27.0 Å². The number of hydrogen-bond acceptors (Lipinski definition) is 6. The van der Waals surface area contributed by atoms with Crippen LogP contribution in [0.15, 0.2) is 80.9 Å². The van der Waals surface area contributed by atoms with Gasteiger partial charge < -0.3 is 9.47 Å². The molecule has 1 amide bonds. The number of benzene rings is 3. The van der Waals surface area contributed by atoms with Gasteiger partial charge in [0.05, 0.1) is 16.9 Å². The van der Waals surface area contributed by atoms with Crippen LogP contribution in [0, 0.1) is 0 Å². The van der Waals surface area contributed by atoms with Gasteiger partial charge in [0, 0.05) is 17.1 Å². The lowest BCUT2D eigenvalue weighted by Crippen LogP contribution is -2.29. The summed E-state index contributed by atoms with van der Waals surface area (Å²) in [6.45, 7) is 4.32. The van der Waals surface area contributed by atoms with E-state index in [1.54, 1.807) is 49.4 Å². The molecule has 0 spiro atoms. The molecule has 3 aromatic rings. The van der Waals surface area contributed by atoms with Gasteiger partial charge in [0.25, 0.3) is 15.9 Å². The highest BCUT2D eigenvalue weighted by atomic mass is 35.5. The van der Waals surface area contributed by atoms with Crippen LogP contribution in [0.1, 0.15) is 30.5 Å². The number of thioether (sulfide) groups is 1. The van der Waals surface area contributed by atoms with E-state index in [1.165, 1.54) is 24.1 Å². The van der Waals surface area contributed by atoms with Crippen molar-refractivity contribution >= 4 is 50.5 Å². The standard InChI is InChI=1S/C28H27ClN2O5S2/c1-4-19-10-13-22(14-11-19)38(33,34)30-28-31(5-2)27(32)26(37-28)17-20-12-15-24(25(16-20)35-3)36-18-21-8-6-7-9-23(21)29/h6-17H,4-5,18H2,1-3H3/b26-17-,30-28?. The average molecular weight is 571 g/mol. The number of nitrogens with zero attached hydrogens (tertiary/aromatic N) is 2. The van der Waals surface area contributed by atoms with Crippen LogP contribution < -0.4 is 9.47 Å². The van der Waals surface area contributed by atoms with Crippen LogP contribution >= 0.6 is 23.4 Å². The fourth-order valence-electron chi connectivity index (χ4n) is 3.72. The van der Waals surface area contributed by atoms with Crippen LogP contribution in [-0.4, -0.2) is 38.0 Å². The third-order valence-electron chi connectivity index (χ3n) is 5.86. The first-order valence-corrected chi connectivity index (χ1v) is 14.6. The molecule has 1 aliphatic heterocycles. The number of methoxy groups -OCH3 is 1. The zero-order chi connectivity index (χ0) is 27.3. The van der Waals surface area contributed by atoms with Gasteiger partial charge in [-0.05, 0) is 72.6 Å². The Morgan fingerprint density at radius 3 is 2.42 bits per heavy atom. The molecule has 4 rings (SSSR count). The van der Waals surface area contributed by atoms with E-state index >= 15 is 0 Å². The third kappa shape index (κ3) is 6.23. The molecule has 198 valence electrons. The van der Waals surface area contributed by atoms with E-state index in [-0.39, 0.29) is 29.1 Å². The summed E-state index contributed by atoms with van der Waals surface area (Å²) in [5.41, 5.74) is 2.56. The van der Waals surface area contributed by atoms with Crippen molar-refractivity contribution in [3.63, 3.8) is 0 Å². The van der Waals surface area contributed by atoms with Crippen molar-refractivity contribution in [2.24, 2.45) is 4.40 Å². The maximum Gasteiger partial charge on any atom is 0.284 e. The maximum atomic E-state index is 13.1. The largest absolute Gasteiger partial charge is 0.493 e. The van der Waals surface area contributed by atoms with Crippen LogP contribution in [0.25, 0.3) is 6.08 Å². The van der Waals surface area contributed by atoms with Crippen LogP contribution in [0.3, 0.4) is 0 Å². The Labute approximate surface area is 232 Å². The molecule has 0 radical (unpaired) electrons. The summed E-state index contributed by atoms with van der Waals surface area (Å²) in [4.78, 5) is 14.9. The van der Waals surface area contributed by atoms with E-state index in [0.717, 1.165) is 29.3 Å². The third-order valence-corrected chi connectivity index (χ3v) is 8.63. The van der Waals surface area contributed by atoms with Crippen LogP contribution in [0.4, 0.5) is 0 Å². The number of ether oxygens (including phenoxy) is 2. The van der Waals surface area contributed by atoms with E-state index < -0.39 is 10.0 Å². The molecule has 38 heavy (non-hydrogen) atoms. The second-order valence-electron chi connectivity index (χ2n) is 8.30. The number of hydrogen-bond donors (Lipinski definition) is 0. The molecule has 1 aliphatic rings. The molecule has 0 bridgehead atoms. The number of aryl methyl sites for hydroxylation is 1. The van der Waals surface area contributed by atoms with Crippen molar-refractivity contribution in [3.05, 3.63) is 93.3 Å². The minimum atomic E-state index is -3.98. The van der Waals surface area contributed by atoms with Gasteiger partial charge >= 0.3 is 0 Å². The number of likely N-dealkylation sites (N-methyl/N-ethyl adjacent to an activating group) is 1. The lowest BCUT2D eigenvalue weighted by Gasteiger charge is -2.12. The van der Waals surface area contributed by atoms with Crippen molar-refractivity contribution in [2.75, 3.05) is 13.7 Å². The first kappa shape index (κ1) is 27.8. The van der Waals surface area contributed by atoms with Crippen molar-refractivity contribution < 1.29 is 22.7 Å². The summed E-state index contributed by atoms with van der Waals surface area (Å²) in [6.07, 6.45) is 2.48. The molecule has 1 fully saturated rings. The topological polar surface area (TPSA) is 85.3 Å². The Bertz CT molecular complexity index is 1500. The monoisotopic (exact) mass is 570 g/mol. The first-order valence-electron chi connectivity index (χ1n) is 11.9. The summed E-state index contributed by atoms with van der Waals surface area (Å²) in [7, 11) is -2.45. The Kier molecular flexibility index (Phi) is 8.81. The Morgan fingerprint density at radius 1 is 1.03 bits per heavy atom. The van der Waals surface area contributed by atoms with E-state index in [4.69, 9.17) is 21.1 Å². The number of carbonyl (C=O) groups excluding carboxylic acids is 1. The summed E-state index contributed by atoms with van der Waals surface area (Å²) in [5, 5.41) is 0.734. The fraction of sp³-hybridized carbons (Fsp3) is 0.214. The summed E-state index contributed by atoms with van der Waals surface area (Å²) in [6, 6.07) is 19.3. The highest BCUT2D eigenvalue weighted by molar-refractivity contribution is 8.19. The van der Waals surface area contributed by atoms with Gasteiger partial charge in [-0.25, -0.2) is 0 Å². The van der Waals surface area contributed by atoms with Crippen LogP contribution in [0.5, 0.6) is 11.5 Å². The number of carbonyl (C=O) groups is 1. The molecule has 7 nitrogen and oxygen atoms in total. The minimum absolute atomic E-state index is 0.0841. The Balaban J connectivity index is 1.57. The molecule has 3 aromatic carbocycles. The van der Waals surface area contributed by atoms with E-state index in [1.807, 2.05) is 25.1 Å². The Hall–Kier alpha value is -3.27. The molecular weight excluding hydrogens is 544 g/mol. The first-order chi connectivity index (χ1) is 18.2. The van der Waals surface area contributed by atoms with Gasteiger partial charge in [0.15, 0.2) is 16.7 Å². The van der Waals surface area contributed by atoms with Gasteiger partial charge in [0.1, 0.15) is 6.61 Å². The number of sulfonamides is 1. The molecule has 10 heteroatoms. The maximum absolute atomic E-state index is 13.1. The smallest absolute Gasteiger partial charge is 0.284 e. The van der Waals surface area contributed by atoms with Crippen molar-refractivity contribution in [2.45, 2.75) is 31.8 Å². The fourth-order valence-corrected chi connectivity index (χ4v) is 6.16. The Morgan fingerprint density at radius 2 is 1.76 bits per heavy atom. The highest BCUT2D eigenvalue weighted by Gasteiger charge is 2.34. The number of amides is 1. The molecule has 1 saturated heterocycles. The highest BCUT2D eigenvalue weighted by Crippen LogP contribution is 2.36. The SMILES string of the molecule is CCc1ccc(S(=O)(=O)N=C2S/C(=C\c3ccc(OCc4ccccc4Cl)c(OC)c3)C(=O)N2CC)cc1. The van der Waals surface area contributed by atoms with Crippen molar-refractivity contribution in [1.29, 1.82) is 0 Å². The zero-order valence-corrected chi connectivity index (χ0v) is 23.6. The van der Waals surface area contributed by atoms with E-state index in [2.05, 4.69) is 4.40 Å². The van der Waals surface area contributed by atoms with Crippen molar-refractivity contribution in [3.8, 4) is 11.5 Å². The molecular formula is C28H27ClN2O5S2. The molecule has 1 heterocycles.